The van der Waals surface area contributed by atoms with Crippen molar-refractivity contribution in [1.82, 2.24) is 4.98 Å². The first-order valence-corrected chi connectivity index (χ1v) is 3.56. The molecule has 0 saturated heterocycles. The van der Waals surface area contributed by atoms with E-state index >= 15 is 0 Å². The molecule has 1 aromatic rings. The van der Waals surface area contributed by atoms with Gasteiger partial charge >= 0.3 is 0 Å². The van der Waals surface area contributed by atoms with E-state index in [4.69, 9.17) is 5.11 Å². The predicted octanol–water partition coefficient (Wildman–Crippen LogP) is 1.48. The van der Waals surface area contributed by atoms with E-state index in [9.17, 15) is 0 Å². The molecule has 1 atom stereocenters. The monoisotopic (exact) mass is 149 g/mol. The molecule has 0 aliphatic carbocycles. The topological polar surface area (TPSA) is 33.1 Å². The van der Waals surface area contributed by atoms with E-state index in [-0.39, 0.29) is 0 Å². The molecule has 0 saturated carbocycles. The Morgan fingerprint density at radius 3 is 2.91 bits per heavy atom. The van der Waals surface area contributed by atoms with Gasteiger partial charge in [-0.1, -0.05) is 12.1 Å². The maximum Gasteiger partial charge on any atom is 0.0696 e. The van der Waals surface area contributed by atoms with Crippen LogP contribution in [0.4, 0.5) is 0 Å². The number of aliphatic hydroxyl groups excluding tert-OH is 1. The van der Waals surface area contributed by atoms with Gasteiger partial charge in [-0.15, -0.1) is 0 Å². The number of pyridine rings is 1. The summed E-state index contributed by atoms with van der Waals surface area (Å²) in [5.74, 6) is 0. The van der Waals surface area contributed by atoms with E-state index in [0.29, 0.717) is 0 Å². The summed E-state index contributed by atoms with van der Waals surface area (Å²) in [5.41, 5.74) is 0.869. The lowest BCUT2D eigenvalue weighted by molar-refractivity contribution is 0.245. The van der Waals surface area contributed by atoms with Gasteiger partial charge < -0.3 is 5.11 Å². The van der Waals surface area contributed by atoms with Crippen LogP contribution in [0.15, 0.2) is 30.5 Å². The van der Waals surface area contributed by atoms with E-state index in [1.165, 1.54) is 0 Å². The molecule has 2 heteroatoms. The molecule has 0 radical (unpaired) electrons. The van der Waals surface area contributed by atoms with Gasteiger partial charge in [-0.2, -0.15) is 0 Å². The number of nitrogens with zero attached hydrogens (tertiary/aromatic N) is 1. The highest BCUT2D eigenvalue weighted by Crippen LogP contribution is 1.97. The van der Waals surface area contributed by atoms with Crippen molar-refractivity contribution >= 4 is 6.08 Å². The zero-order chi connectivity index (χ0) is 8.10. The van der Waals surface area contributed by atoms with Crippen molar-refractivity contribution in [3.8, 4) is 0 Å². The van der Waals surface area contributed by atoms with Gasteiger partial charge in [-0.3, -0.25) is 4.98 Å². The van der Waals surface area contributed by atoms with Crippen LogP contribution in [0, 0.1) is 0 Å². The Bertz CT molecular complexity index is 229. The summed E-state index contributed by atoms with van der Waals surface area (Å²) >= 11 is 0. The average molecular weight is 149 g/mol. The van der Waals surface area contributed by atoms with Gasteiger partial charge in [0, 0.05) is 6.20 Å². The maximum absolute atomic E-state index is 8.90. The van der Waals surface area contributed by atoms with E-state index < -0.39 is 6.10 Å². The lowest BCUT2D eigenvalue weighted by atomic mass is 10.3. The molecule has 1 N–H and O–H groups in total. The van der Waals surface area contributed by atoms with Crippen molar-refractivity contribution < 1.29 is 5.11 Å². The van der Waals surface area contributed by atoms with Gasteiger partial charge in [-0.05, 0) is 25.1 Å². The maximum atomic E-state index is 8.90. The first-order valence-electron chi connectivity index (χ1n) is 3.56. The Morgan fingerprint density at radius 1 is 1.55 bits per heavy atom. The van der Waals surface area contributed by atoms with Gasteiger partial charge in [0.1, 0.15) is 0 Å². The SMILES string of the molecule is CC(O)/C=C\c1ccccn1. The minimum absolute atomic E-state index is 0.406. The lowest BCUT2D eigenvalue weighted by Crippen LogP contribution is -1.91. The number of hydrogen-bond acceptors (Lipinski definition) is 2. The molecule has 1 rings (SSSR count). The van der Waals surface area contributed by atoms with Crippen molar-refractivity contribution in [3.63, 3.8) is 0 Å². The first-order chi connectivity index (χ1) is 5.29. The molecule has 0 aliphatic rings. The highest BCUT2D eigenvalue weighted by Gasteiger charge is 1.86. The molecule has 11 heavy (non-hydrogen) atoms. The van der Waals surface area contributed by atoms with E-state index in [1.807, 2.05) is 18.2 Å². The molecular formula is C9H11NO. The van der Waals surface area contributed by atoms with Crippen LogP contribution in [-0.4, -0.2) is 16.2 Å². The largest absolute Gasteiger partial charge is 0.389 e. The smallest absolute Gasteiger partial charge is 0.0696 e. The number of hydrogen-bond donors (Lipinski definition) is 1. The highest BCUT2D eigenvalue weighted by molar-refractivity contribution is 5.44. The minimum atomic E-state index is -0.406. The third-order valence-electron chi connectivity index (χ3n) is 1.23. The summed E-state index contributed by atoms with van der Waals surface area (Å²) in [5, 5.41) is 8.90. The Kier molecular flexibility index (Phi) is 2.81. The van der Waals surface area contributed by atoms with Gasteiger partial charge in [0.2, 0.25) is 0 Å². The van der Waals surface area contributed by atoms with Crippen LogP contribution in [0.25, 0.3) is 6.08 Å². The van der Waals surface area contributed by atoms with Crippen LogP contribution < -0.4 is 0 Å². The molecule has 0 fully saturated rings. The highest BCUT2D eigenvalue weighted by atomic mass is 16.3. The molecule has 1 heterocycles. The molecule has 2 nitrogen and oxygen atoms in total. The van der Waals surface area contributed by atoms with Gasteiger partial charge in [0.05, 0.1) is 11.8 Å². The van der Waals surface area contributed by atoms with Crippen LogP contribution >= 0.6 is 0 Å². The lowest BCUT2D eigenvalue weighted by Gasteiger charge is -1.93. The molecule has 0 aliphatic heterocycles. The summed E-state index contributed by atoms with van der Waals surface area (Å²) < 4.78 is 0. The fraction of sp³-hybridized carbons (Fsp3) is 0.222. The van der Waals surface area contributed by atoms with Crippen molar-refractivity contribution in [1.29, 1.82) is 0 Å². The molecule has 1 unspecified atom stereocenters. The van der Waals surface area contributed by atoms with Gasteiger partial charge in [0.15, 0.2) is 0 Å². The molecule has 1 aromatic heterocycles. The fourth-order valence-electron chi connectivity index (χ4n) is 0.712. The Balaban J connectivity index is 2.65. The van der Waals surface area contributed by atoms with Crippen molar-refractivity contribution in [2.24, 2.45) is 0 Å². The van der Waals surface area contributed by atoms with E-state index in [1.54, 1.807) is 25.3 Å². The Labute approximate surface area is 66.2 Å². The number of aromatic nitrogens is 1. The van der Waals surface area contributed by atoms with Crippen LogP contribution in [0.1, 0.15) is 12.6 Å². The van der Waals surface area contributed by atoms with Crippen LogP contribution in [-0.2, 0) is 0 Å². The third-order valence-corrected chi connectivity index (χ3v) is 1.23. The van der Waals surface area contributed by atoms with Crippen molar-refractivity contribution in [2.45, 2.75) is 13.0 Å². The fourth-order valence-corrected chi connectivity index (χ4v) is 0.712. The second kappa shape index (κ2) is 3.88. The summed E-state index contributed by atoms with van der Waals surface area (Å²) in [7, 11) is 0. The molecule has 0 amide bonds. The summed E-state index contributed by atoms with van der Waals surface area (Å²) in [4.78, 5) is 4.05. The molecule has 0 aromatic carbocycles. The van der Waals surface area contributed by atoms with Crippen LogP contribution in [0.5, 0.6) is 0 Å². The Morgan fingerprint density at radius 2 is 2.36 bits per heavy atom. The predicted molar refractivity (Wildman–Crippen MR) is 45.0 cm³/mol. The summed E-state index contributed by atoms with van der Waals surface area (Å²) in [6, 6.07) is 5.66. The molecular weight excluding hydrogens is 138 g/mol. The third kappa shape index (κ3) is 2.96. The van der Waals surface area contributed by atoms with E-state index in [0.717, 1.165) is 5.69 Å². The minimum Gasteiger partial charge on any atom is -0.389 e. The first kappa shape index (κ1) is 7.95. The average Bonchev–Trinajstić information content (AvgIpc) is 2.03. The standard InChI is InChI=1S/C9H11NO/c1-8(11)5-6-9-4-2-3-7-10-9/h2-8,11H,1H3/b6-5-. The second-order valence-corrected chi connectivity index (χ2v) is 2.35. The van der Waals surface area contributed by atoms with Crippen molar-refractivity contribution in [3.05, 3.63) is 36.2 Å². The van der Waals surface area contributed by atoms with Crippen LogP contribution in [0.3, 0.4) is 0 Å². The van der Waals surface area contributed by atoms with Gasteiger partial charge in [0.25, 0.3) is 0 Å². The zero-order valence-electron chi connectivity index (χ0n) is 6.44. The number of aliphatic hydroxyl groups is 1. The normalized spacial score (nSPS) is 13.6. The van der Waals surface area contributed by atoms with Crippen LogP contribution in [0.2, 0.25) is 0 Å². The zero-order valence-corrected chi connectivity index (χ0v) is 6.44. The molecule has 58 valence electrons. The summed E-state index contributed by atoms with van der Waals surface area (Å²) in [6.45, 7) is 1.71. The molecule has 0 spiro atoms. The van der Waals surface area contributed by atoms with Gasteiger partial charge in [-0.25, -0.2) is 0 Å². The van der Waals surface area contributed by atoms with Crippen molar-refractivity contribution in [2.75, 3.05) is 0 Å². The summed E-state index contributed by atoms with van der Waals surface area (Å²) in [6.07, 6.45) is 4.81. The second-order valence-electron chi connectivity index (χ2n) is 2.35. The van der Waals surface area contributed by atoms with E-state index in [2.05, 4.69) is 4.98 Å². The number of rotatable bonds is 2. The Hall–Kier alpha value is -1.15. The quantitative estimate of drug-likeness (QED) is 0.690. The molecule has 0 bridgehead atoms.